The summed E-state index contributed by atoms with van der Waals surface area (Å²) in [7, 11) is 0. The number of nitrogens with zero attached hydrogens (tertiary/aromatic N) is 5. The third-order valence-corrected chi connectivity index (χ3v) is 6.06. The van der Waals surface area contributed by atoms with E-state index in [-0.39, 0.29) is 11.5 Å². The van der Waals surface area contributed by atoms with E-state index in [1.165, 1.54) is 23.1 Å². The molecule has 0 saturated heterocycles. The number of hydrogen-bond acceptors (Lipinski definition) is 7. The molecule has 0 aliphatic heterocycles. The molecule has 0 spiro atoms. The number of thioether (sulfide) groups is 1. The molecule has 2 heterocycles. The Kier molecular flexibility index (Phi) is 5.79. The normalized spacial score (nSPS) is 11.7. The number of aromatic nitrogens is 4. The molecular formula is C21H15N5OS2. The highest BCUT2D eigenvalue weighted by molar-refractivity contribution is 7.99. The van der Waals surface area contributed by atoms with Gasteiger partial charge in [0.15, 0.2) is 16.9 Å². The van der Waals surface area contributed by atoms with Crippen molar-refractivity contribution in [3.05, 3.63) is 77.4 Å². The van der Waals surface area contributed by atoms with Gasteiger partial charge in [-0.15, -0.1) is 21.5 Å². The lowest BCUT2D eigenvalue weighted by Crippen LogP contribution is -2.13. The summed E-state index contributed by atoms with van der Waals surface area (Å²) in [6.07, 6.45) is 1.61. The summed E-state index contributed by atoms with van der Waals surface area (Å²) in [4.78, 5) is 17.2. The molecule has 6 nitrogen and oxygen atoms in total. The maximum atomic E-state index is 12.7. The Morgan fingerprint density at radius 2 is 1.86 bits per heavy atom. The van der Waals surface area contributed by atoms with Crippen LogP contribution < -0.4 is 0 Å². The third-order valence-electron chi connectivity index (χ3n) is 4.18. The second-order valence-electron chi connectivity index (χ2n) is 6.07. The Bertz CT molecular complexity index is 1150. The van der Waals surface area contributed by atoms with Crippen molar-refractivity contribution in [2.75, 3.05) is 5.75 Å². The van der Waals surface area contributed by atoms with Crippen LogP contribution in [0.5, 0.6) is 0 Å². The molecule has 4 rings (SSSR count). The van der Waals surface area contributed by atoms with E-state index in [2.05, 4.69) is 21.3 Å². The number of carbonyl (C=O) groups excluding carboxylic acids is 1. The number of Topliss-reactive ketones (excluding diaryl/α,β-unsaturated/α-hetero) is 1. The van der Waals surface area contributed by atoms with E-state index >= 15 is 0 Å². The standard InChI is InChI=1S/C21H15N5OS2/c22-11-17(20-24-18(12-28-20)15-7-3-1-4-8-15)19(27)13-29-21-25-23-14-26(21)16-9-5-2-6-10-16/h1-10,12,14,17H,13H2. The zero-order chi connectivity index (χ0) is 20.1. The van der Waals surface area contributed by atoms with E-state index in [0.717, 1.165) is 16.9 Å². The number of benzene rings is 2. The Morgan fingerprint density at radius 1 is 1.14 bits per heavy atom. The molecule has 0 radical (unpaired) electrons. The second kappa shape index (κ2) is 8.82. The first-order valence-electron chi connectivity index (χ1n) is 8.77. The maximum absolute atomic E-state index is 12.7. The molecule has 2 aromatic heterocycles. The first-order valence-corrected chi connectivity index (χ1v) is 10.6. The highest BCUT2D eigenvalue weighted by atomic mass is 32.2. The van der Waals surface area contributed by atoms with Crippen molar-refractivity contribution in [3.63, 3.8) is 0 Å². The van der Waals surface area contributed by atoms with Gasteiger partial charge in [-0.1, -0.05) is 60.3 Å². The van der Waals surface area contributed by atoms with Crippen molar-refractivity contribution < 1.29 is 4.79 Å². The van der Waals surface area contributed by atoms with E-state index in [4.69, 9.17) is 0 Å². The molecule has 0 saturated carbocycles. The average molecular weight is 418 g/mol. The lowest BCUT2D eigenvalue weighted by molar-refractivity contribution is -0.116. The van der Waals surface area contributed by atoms with E-state index in [1.807, 2.05) is 70.6 Å². The van der Waals surface area contributed by atoms with Crippen molar-refractivity contribution in [2.24, 2.45) is 0 Å². The van der Waals surface area contributed by atoms with Gasteiger partial charge in [0.2, 0.25) is 0 Å². The highest BCUT2D eigenvalue weighted by Crippen LogP contribution is 2.28. The SMILES string of the molecule is N#CC(C(=O)CSc1nncn1-c1ccccc1)c1nc(-c2ccccc2)cs1. The number of carbonyl (C=O) groups is 1. The molecule has 8 heteroatoms. The van der Waals surface area contributed by atoms with Gasteiger partial charge in [0.25, 0.3) is 0 Å². The average Bonchev–Trinajstić information content (AvgIpc) is 3.44. The van der Waals surface area contributed by atoms with Gasteiger partial charge < -0.3 is 0 Å². The van der Waals surface area contributed by atoms with Crippen LogP contribution in [-0.4, -0.2) is 31.3 Å². The summed E-state index contributed by atoms with van der Waals surface area (Å²) < 4.78 is 1.82. The molecule has 0 aliphatic rings. The smallest absolute Gasteiger partial charge is 0.196 e. The van der Waals surface area contributed by atoms with Gasteiger partial charge in [0, 0.05) is 16.6 Å². The van der Waals surface area contributed by atoms with Crippen molar-refractivity contribution in [1.29, 1.82) is 5.26 Å². The minimum absolute atomic E-state index is 0.115. The minimum atomic E-state index is -0.891. The molecule has 0 aliphatic carbocycles. The first-order chi connectivity index (χ1) is 14.3. The molecule has 1 atom stereocenters. The fraction of sp³-hybridized carbons (Fsp3) is 0.0952. The molecule has 4 aromatic rings. The molecular weight excluding hydrogens is 402 g/mol. The lowest BCUT2D eigenvalue weighted by Gasteiger charge is -2.07. The first kappa shape index (κ1) is 19.1. The molecule has 0 bridgehead atoms. The van der Waals surface area contributed by atoms with Crippen LogP contribution in [0.4, 0.5) is 0 Å². The van der Waals surface area contributed by atoms with Crippen LogP contribution in [0.15, 0.2) is 77.5 Å². The van der Waals surface area contributed by atoms with Crippen LogP contribution in [0.1, 0.15) is 10.9 Å². The van der Waals surface area contributed by atoms with Crippen LogP contribution >= 0.6 is 23.1 Å². The van der Waals surface area contributed by atoms with Gasteiger partial charge in [0.05, 0.1) is 17.5 Å². The molecule has 29 heavy (non-hydrogen) atoms. The maximum Gasteiger partial charge on any atom is 0.196 e. The second-order valence-corrected chi connectivity index (χ2v) is 7.91. The van der Waals surface area contributed by atoms with Crippen LogP contribution in [0.2, 0.25) is 0 Å². The molecule has 1 unspecified atom stereocenters. The quantitative estimate of drug-likeness (QED) is 0.416. The molecule has 0 amide bonds. The summed E-state index contributed by atoms with van der Waals surface area (Å²) in [5.41, 5.74) is 2.65. The fourth-order valence-electron chi connectivity index (χ4n) is 2.73. The fourth-order valence-corrected chi connectivity index (χ4v) is 4.46. The number of ketones is 1. The molecule has 142 valence electrons. The summed E-state index contributed by atoms with van der Waals surface area (Å²) in [6, 6.07) is 21.5. The largest absolute Gasteiger partial charge is 0.297 e. The summed E-state index contributed by atoms with van der Waals surface area (Å²) in [6.45, 7) is 0. The number of hydrogen-bond donors (Lipinski definition) is 0. The van der Waals surface area contributed by atoms with Crippen molar-refractivity contribution in [2.45, 2.75) is 11.1 Å². The Morgan fingerprint density at radius 3 is 2.59 bits per heavy atom. The zero-order valence-corrected chi connectivity index (χ0v) is 16.8. The Balaban J connectivity index is 1.47. The van der Waals surface area contributed by atoms with Gasteiger partial charge in [0.1, 0.15) is 11.3 Å². The Hall–Kier alpha value is -3.28. The summed E-state index contributed by atoms with van der Waals surface area (Å²) >= 11 is 2.60. The third kappa shape index (κ3) is 4.26. The molecule has 0 N–H and O–H groups in total. The monoisotopic (exact) mass is 417 g/mol. The van der Waals surface area contributed by atoms with Crippen LogP contribution in [-0.2, 0) is 4.79 Å². The highest BCUT2D eigenvalue weighted by Gasteiger charge is 2.24. The summed E-state index contributed by atoms with van der Waals surface area (Å²) in [5, 5.41) is 20.6. The van der Waals surface area contributed by atoms with E-state index in [1.54, 1.807) is 6.33 Å². The predicted molar refractivity (Wildman–Crippen MR) is 113 cm³/mol. The Labute approximate surface area is 175 Å². The number of rotatable bonds is 7. The predicted octanol–water partition coefficient (Wildman–Crippen LogP) is 4.36. The zero-order valence-electron chi connectivity index (χ0n) is 15.2. The van der Waals surface area contributed by atoms with Crippen molar-refractivity contribution in [1.82, 2.24) is 19.7 Å². The topological polar surface area (TPSA) is 84.5 Å². The van der Waals surface area contributed by atoms with Crippen LogP contribution in [0.25, 0.3) is 16.9 Å². The van der Waals surface area contributed by atoms with E-state index in [9.17, 15) is 10.1 Å². The number of nitriles is 1. The van der Waals surface area contributed by atoms with Gasteiger partial charge >= 0.3 is 0 Å². The minimum Gasteiger partial charge on any atom is -0.297 e. The van der Waals surface area contributed by atoms with Gasteiger partial charge in [-0.25, -0.2) is 4.98 Å². The lowest BCUT2D eigenvalue weighted by atomic mass is 10.1. The number of thiazole rings is 1. The van der Waals surface area contributed by atoms with E-state index < -0.39 is 5.92 Å². The van der Waals surface area contributed by atoms with Gasteiger partial charge in [-0.3, -0.25) is 9.36 Å². The summed E-state index contributed by atoms with van der Waals surface area (Å²) in [5.74, 6) is -0.976. The van der Waals surface area contributed by atoms with Crippen LogP contribution in [0, 0.1) is 11.3 Å². The van der Waals surface area contributed by atoms with E-state index in [0.29, 0.717) is 10.2 Å². The molecule has 2 aromatic carbocycles. The van der Waals surface area contributed by atoms with Gasteiger partial charge in [-0.05, 0) is 12.1 Å². The van der Waals surface area contributed by atoms with Crippen LogP contribution in [0.3, 0.4) is 0 Å². The molecule has 0 fully saturated rings. The number of para-hydroxylation sites is 1. The van der Waals surface area contributed by atoms with Crippen molar-refractivity contribution >= 4 is 28.9 Å². The van der Waals surface area contributed by atoms with Gasteiger partial charge in [-0.2, -0.15) is 5.26 Å². The van der Waals surface area contributed by atoms with Crippen molar-refractivity contribution in [3.8, 4) is 23.0 Å².